The summed E-state index contributed by atoms with van der Waals surface area (Å²) in [5.74, 6) is -1.61. The highest BCUT2D eigenvalue weighted by Crippen LogP contribution is 2.43. The van der Waals surface area contributed by atoms with E-state index in [1.165, 1.54) is 36.3 Å². The average molecular weight is 470 g/mol. The van der Waals surface area contributed by atoms with Gasteiger partial charge < -0.3 is 14.9 Å². The van der Waals surface area contributed by atoms with Crippen LogP contribution in [0.15, 0.2) is 72.3 Å². The normalized spacial score (nSPS) is 17.6. The third kappa shape index (κ3) is 3.79. The Morgan fingerprint density at radius 2 is 1.72 bits per heavy atom. The number of amides is 1. The summed E-state index contributed by atoms with van der Waals surface area (Å²) in [6.07, 6.45) is 0. The van der Waals surface area contributed by atoms with Crippen molar-refractivity contribution in [3.8, 4) is 11.5 Å². The van der Waals surface area contributed by atoms with E-state index in [-0.39, 0.29) is 22.1 Å². The zero-order chi connectivity index (χ0) is 23.0. The van der Waals surface area contributed by atoms with Crippen molar-refractivity contribution in [2.45, 2.75) is 6.04 Å². The molecule has 1 amide bonds. The Morgan fingerprint density at radius 1 is 1.00 bits per heavy atom. The first-order chi connectivity index (χ1) is 15.3. The van der Waals surface area contributed by atoms with Crippen LogP contribution < -0.4 is 9.64 Å². The lowest BCUT2D eigenvalue weighted by atomic mass is 9.95. The van der Waals surface area contributed by atoms with Crippen molar-refractivity contribution in [3.05, 3.63) is 93.5 Å². The lowest BCUT2D eigenvalue weighted by Gasteiger charge is -2.26. The van der Waals surface area contributed by atoms with Crippen LogP contribution in [-0.4, -0.2) is 29.0 Å². The molecule has 8 heteroatoms. The fourth-order valence-corrected chi connectivity index (χ4v) is 4.11. The van der Waals surface area contributed by atoms with Gasteiger partial charge in [-0.3, -0.25) is 14.5 Å². The topological polar surface area (TPSA) is 87.1 Å². The number of carbonyl (C=O) groups excluding carboxylic acids is 2. The van der Waals surface area contributed by atoms with Gasteiger partial charge in [-0.2, -0.15) is 0 Å². The first kappa shape index (κ1) is 21.7. The Morgan fingerprint density at radius 3 is 2.34 bits per heavy atom. The Kier molecular flexibility index (Phi) is 5.82. The molecule has 0 radical (unpaired) electrons. The standard InChI is InChI=1S/C24H17Cl2NO5/c1-32-19-10-7-16(12-18(19)26)27-21(13-5-8-17(28)9-6-13)20(23(30)24(27)31)22(29)14-3-2-4-15(25)11-14/h2-12,21,28-29H,1H3/b22-20+. The molecular weight excluding hydrogens is 453 g/mol. The van der Waals surface area contributed by atoms with E-state index < -0.39 is 17.7 Å². The van der Waals surface area contributed by atoms with Crippen molar-refractivity contribution in [3.63, 3.8) is 0 Å². The average Bonchev–Trinajstić information content (AvgIpc) is 3.04. The number of hydrogen-bond donors (Lipinski definition) is 2. The van der Waals surface area contributed by atoms with Gasteiger partial charge in [-0.25, -0.2) is 0 Å². The molecule has 3 aromatic rings. The molecule has 32 heavy (non-hydrogen) atoms. The fraction of sp³-hybridized carbons (Fsp3) is 0.0833. The monoisotopic (exact) mass is 469 g/mol. The Labute approximate surface area is 193 Å². The molecular formula is C24H17Cl2NO5. The van der Waals surface area contributed by atoms with Gasteiger partial charge in [-0.15, -0.1) is 0 Å². The second-order valence-electron chi connectivity index (χ2n) is 7.09. The molecule has 162 valence electrons. The van der Waals surface area contributed by atoms with E-state index >= 15 is 0 Å². The molecule has 2 N–H and O–H groups in total. The number of benzene rings is 3. The molecule has 1 fully saturated rings. The summed E-state index contributed by atoms with van der Waals surface area (Å²) < 4.78 is 5.17. The van der Waals surface area contributed by atoms with Crippen LogP contribution >= 0.6 is 23.2 Å². The number of aliphatic hydroxyl groups excluding tert-OH is 1. The Hall–Kier alpha value is -3.48. The third-order valence-corrected chi connectivity index (χ3v) is 5.70. The van der Waals surface area contributed by atoms with Crippen molar-refractivity contribution in [1.29, 1.82) is 0 Å². The molecule has 1 saturated heterocycles. The molecule has 1 heterocycles. The molecule has 1 aliphatic rings. The van der Waals surface area contributed by atoms with Gasteiger partial charge in [0.25, 0.3) is 11.7 Å². The number of Topliss-reactive ketones (excluding diaryl/α,β-unsaturated/α-hetero) is 1. The van der Waals surface area contributed by atoms with Crippen LogP contribution in [0, 0.1) is 0 Å². The zero-order valence-corrected chi connectivity index (χ0v) is 18.3. The minimum absolute atomic E-state index is 0.0213. The fourth-order valence-electron chi connectivity index (χ4n) is 3.67. The Bertz CT molecular complexity index is 1250. The summed E-state index contributed by atoms with van der Waals surface area (Å²) >= 11 is 12.3. The van der Waals surface area contributed by atoms with E-state index in [4.69, 9.17) is 27.9 Å². The number of phenolic OH excluding ortho intramolecular Hbond substituents is 1. The van der Waals surface area contributed by atoms with Gasteiger partial charge in [0.15, 0.2) is 0 Å². The predicted octanol–water partition coefficient (Wildman–Crippen LogP) is 5.33. The predicted molar refractivity (Wildman–Crippen MR) is 122 cm³/mol. The second-order valence-corrected chi connectivity index (χ2v) is 7.93. The van der Waals surface area contributed by atoms with Crippen LogP contribution in [0.25, 0.3) is 5.76 Å². The number of halogens is 2. The van der Waals surface area contributed by atoms with E-state index in [1.807, 2.05) is 0 Å². The summed E-state index contributed by atoms with van der Waals surface area (Å²) in [6.45, 7) is 0. The summed E-state index contributed by atoms with van der Waals surface area (Å²) in [5, 5.41) is 21.4. The quantitative estimate of drug-likeness (QED) is 0.306. The number of methoxy groups -OCH3 is 1. The maximum Gasteiger partial charge on any atom is 0.300 e. The SMILES string of the molecule is COc1ccc(N2C(=O)C(=O)/C(=C(/O)c3cccc(Cl)c3)C2c2ccc(O)cc2)cc1Cl. The van der Waals surface area contributed by atoms with E-state index in [2.05, 4.69) is 0 Å². The van der Waals surface area contributed by atoms with Crippen molar-refractivity contribution in [1.82, 2.24) is 0 Å². The molecule has 1 aliphatic heterocycles. The van der Waals surface area contributed by atoms with E-state index in [9.17, 15) is 19.8 Å². The van der Waals surface area contributed by atoms with Gasteiger partial charge in [0.2, 0.25) is 0 Å². The zero-order valence-electron chi connectivity index (χ0n) is 16.8. The number of phenols is 1. The molecule has 6 nitrogen and oxygen atoms in total. The number of aliphatic hydroxyl groups is 1. The molecule has 0 spiro atoms. The smallest absolute Gasteiger partial charge is 0.300 e. The first-order valence-corrected chi connectivity index (χ1v) is 10.3. The third-order valence-electron chi connectivity index (χ3n) is 5.16. The van der Waals surface area contributed by atoms with E-state index in [1.54, 1.807) is 42.5 Å². The highest BCUT2D eigenvalue weighted by Gasteiger charge is 2.47. The van der Waals surface area contributed by atoms with Gasteiger partial charge in [-0.05, 0) is 48.0 Å². The van der Waals surface area contributed by atoms with Gasteiger partial charge in [0.1, 0.15) is 17.3 Å². The van der Waals surface area contributed by atoms with Gasteiger partial charge in [-0.1, -0.05) is 47.5 Å². The van der Waals surface area contributed by atoms with Crippen molar-refractivity contribution in [2.75, 3.05) is 12.0 Å². The highest BCUT2D eigenvalue weighted by atomic mass is 35.5. The van der Waals surface area contributed by atoms with Crippen molar-refractivity contribution >= 4 is 46.3 Å². The second kappa shape index (κ2) is 8.57. The largest absolute Gasteiger partial charge is 0.508 e. The minimum Gasteiger partial charge on any atom is -0.508 e. The van der Waals surface area contributed by atoms with Gasteiger partial charge >= 0.3 is 0 Å². The molecule has 1 unspecified atom stereocenters. The molecule has 0 saturated carbocycles. The molecule has 4 rings (SSSR count). The molecule has 0 aromatic heterocycles. The lowest BCUT2D eigenvalue weighted by Crippen LogP contribution is -2.29. The summed E-state index contributed by atoms with van der Waals surface area (Å²) in [6, 6.07) is 16.1. The van der Waals surface area contributed by atoms with Crippen LogP contribution in [0.1, 0.15) is 17.2 Å². The van der Waals surface area contributed by atoms with Crippen LogP contribution in [-0.2, 0) is 9.59 Å². The maximum absolute atomic E-state index is 13.1. The number of carbonyl (C=O) groups is 2. The van der Waals surface area contributed by atoms with Crippen molar-refractivity contribution in [2.24, 2.45) is 0 Å². The van der Waals surface area contributed by atoms with Crippen LogP contribution in [0.2, 0.25) is 10.0 Å². The van der Waals surface area contributed by atoms with E-state index in [0.717, 1.165) is 0 Å². The Balaban J connectivity index is 1.94. The van der Waals surface area contributed by atoms with Gasteiger partial charge in [0, 0.05) is 16.3 Å². The van der Waals surface area contributed by atoms with Crippen LogP contribution in [0.3, 0.4) is 0 Å². The number of hydrogen-bond acceptors (Lipinski definition) is 5. The maximum atomic E-state index is 13.1. The molecule has 3 aromatic carbocycles. The number of ketones is 1. The highest BCUT2D eigenvalue weighted by molar-refractivity contribution is 6.52. The number of rotatable bonds is 4. The number of anilines is 1. The van der Waals surface area contributed by atoms with E-state index in [0.29, 0.717) is 27.6 Å². The molecule has 0 bridgehead atoms. The first-order valence-electron chi connectivity index (χ1n) is 9.51. The van der Waals surface area contributed by atoms with Crippen molar-refractivity contribution < 1.29 is 24.5 Å². The lowest BCUT2D eigenvalue weighted by molar-refractivity contribution is -0.132. The summed E-state index contributed by atoms with van der Waals surface area (Å²) in [4.78, 5) is 27.5. The summed E-state index contributed by atoms with van der Waals surface area (Å²) in [7, 11) is 1.47. The van der Waals surface area contributed by atoms with Crippen LogP contribution in [0.5, 0.6) is 11.5 Å². The number of aromatic hydroxyl groups is 1. The molecule has 0 aliphatic carbocycles. The molecule has 1 atom stereocenters. The van der Waals surface area contributed by atoms with Crippen LogP contribution in [0.4, 0.5) is 5.69 Å². The van der Waals surface area contributed by atoms with Gasteiger partial charge in [0.05, 0.1) is 23.7 Å². The summed E-state index contributed by atoms with van der Waals surface area (Å²) in [5.41, 5.74) is 1.06. The number of ether oxygens (including phenoxy) is 1. The number of nitrogens with zero attached hydrogens (tertiary/aromatic N) is 1. The minimum atomic E-state index is -0.959.